The lowest BCUT2D eigenvalue weighted by atomic mass is 9.87. The third-order valence-electron chi connectivity index (χ3n) is 14.7. The highest BCUT2D eigenvalue weighted by molar-refractivity contribution is 6.03. The summed E-state index contributed by atoms with van der Waals surface area (Å²) in [5.41, 5.74) is 6.25. The minimum atomic E-state index is -2.65. The summed E-state index contributed by atoms with van der Waals surface area (Å²) in [6.07, 6.45) is 4.11. The van der Waals surface area contributed by atoms with Gasteiger partial charge in [-0.05, 0) is 68.9 Å². The first-order valence-corrected chi connectivity index (χ1v) is 21.6. The number of halogens is 2. The summed E-state index contributed by atoms with van der Waals surface area (Å²) in [7, 11) is 5.39. The molecule has 4 amide bonds. The molecule has 5 aliphatic rings. The minimum Gasteiger partial charge on any atom is -0.370 e. The van der Waals surface area contributed by atoms with Crippen LogP contribution in [0.4, 0.5) is 31.5 Å². The van der Waals surface area contributed by atoms with Gasteiger partial charge < -0.3 is 29.5 Å². The smallest absolute Gasteiger partial charge is 0.258 e. The number of carbonyl (C=O) groups is 4. The maximum absolute atomic E-state index is 14.6. The van der Waals surface area contributed by atoms with E-state index in [9.17, 15) is 28.0 Å². The maximum Gasteiger partial charge on any atom is 0.258 e. The summed E-state index contributed by atoms with van der Waals surface area (Å²) < 4.78 is 29.1. The zero-order valence-electron chi connectivity index (χ0n) is 35.6. The molecule has 16 heteroatoms. The molecular weight excluding hydrogens is 783 g/mol. The summed E-state index contributed by atoms with van der Waals surface area (Å²) >= 11 is 0. The van der Waals surface area contributed by atoms with Gasteiger partial charge in [-0.15, -0.1) is 0 Å². The molecule has 61 heavy (non-hydrogen) atoms. The van der Waals surface area contributed by atoms with E-state index in [4.69, 9.17) is 0 Å². The normalized spacial score (nSPS) is 24.8. The first kappa shape index (κ1) is 41.0. The van der Waals surface area contributed by atoms with Crippen molar-refractivity contribution in [2.24, 2.45) is 17.3 Å². The van der Waals surface area contributed by atoms with Gasteiger partial charge in [0.1, 0.15) is 11.7 Å². The highest BCUT2D eigenvalue weighted by atomic mass is 19.3. The Labute approximate surface area is 354 Å². The van der Waals surface area contributed by atoms with E-state index in [0.717, 1.165) is 116 Å². The van der Waals surface area contributed by atoms with Crippen molar-refractivity contribution in [3.8, 4) is 11.4 Å². The molecule has 3 aliphatic heterocycles. The van der Waals surface area contributed by atoms with Crippen LogP contribution in [0.2, 0.25) is 0 Å². The van der Waals surface area contributed by atoms with Gasteiger partial charge in [0.25, 0.3) is 5.92 Å². The second kappa shape index (κ2) is 15.5. The predicted octanol–water partition coefficient (Wildman–Crippen LogP) is 4.65. The molecule has 2 aromatic heterocycles. The number of H-pyrrole nitrogens is 2. The van der Waals surface area contributed by atoms with Crippen LogP contribution >= 0.6 is 0 Å². The Kier molecular flexibility index (Phi) is 10.4. The minimum absolute atomic E-state index is 0.0219. The molecule has 0 spiro atoms. The Morgan fingerprint density at radius 1 is 1.02 bits per heavy atom. The molecule has 0 bridgehead atoms. The molecular formula is C45H56F2N10O4. The van der Waals surface area contributed by atoms with Gasteiger partial charge in [-0.1, -0.05) is 19.1 Å². The predicted molar refractivity (Wildman–Crippen MR) is 231 cm³/mol. The van der Waals surface area contributed by atoms with E-state index in [1.54, 1.807) is 23.8 Å². The van der Waals surface area contributed by atoms with Crippen molar-refractivity contribution in [2.75, 3.05) is 86.6 Å². The van der Waals surface area contributed by atoms with E-state index >= 15 is 0 Å². The molecule has 9 rings (SSSR count). The molecule has 3 N–H and O–H groups in total. The number of aromatic nitrogens is 3. The first-order valence-electron chi connectivity index (χ1n) is 21.6. The average Bonchev–Trinajstić information content (AvgIpc) is 3.64. The number of anilines is 4. The van der Waals surface area contributed by atoms with E-state index < -0.39 is 23.3 Å². The zero-order valence-corrected chi connectivity index (χ0v) is 35.6. The van der Waals surface area contributed by atoms with Gasteiger partial charge in [0.2, 0.25) is 24.1 Å². The summed E-state index contributed by atoms with van der Waals surface area (Å²) in [6, 6.07) is 13.0. The molecule has 4 fully saturated rings. The molecule has 2 aliphatic carbocycles. The molecule has 2 aromatic carbocycles. The Morgan fingerprint density at radius 2 is 1.77 bits per heavy atom. The number of piperazine rings is 1. The number of amides is 4. The fraction of sp³-hybridized carbons (Fsp3) is 0.533. The lowest BCUT2D eigenvalue weighted by molar-refractivity contribution is -0.134. The average molecular weight is 839 g/mol. The number of nitrogens with zero attached hydrogens (tertiary/aromatic N) is 7. The number of rotatable bonds is 11. The Hall–Kier alpha value is -5.35. The van der Waals surface area contributed by atoms with Crippen LogP contribution in [0.3, 0.4) is 0 Å². The number of aromatic amines is 2. The number of piperidine rings is 2. The van der Waals surface area contributed by atoms with Crippen LogP contribution in [-0.4, -0.2) is 134 Å². The molecule has 3 saturated heterocycles. The van der Waals surface area contributed by atoms with Crippen molar-refractivity contribution in [3.63, 3.8) is 0 Å². The molecule has 324 valence electrons. The number of fused-ring (bicyclic) bond motifs is 3. The van der Waals surface area contributed by atoms with Crippen LogP contribution in [0, 0.1) is 17.3 Å². The van der Waals surface area contributed by atoms with Crippen molar-refractivity contribution < 1.29 is 28.0 Å². The number of likely N-dealkylation sites (N-methyl/N-ethyl adjacent to an activating group) is 2. The molecule has 4 unspecified atom stereocenters. The number of imide groups is 1. The maximum atomic E-state index is 14.6. The van der Waals surface area contributed by atoms with Gasteiger partial charge in [-0.3, -0.25) is 34.5 Å². The number of hydrogen-bond donors (Lipinski definition) is 3. The molecule has 4 atom stereocenters. The summed E-state index contributed by atoms with van der Waals surface area (Å²) in [6.45, 7) is 9.70. The van der Waals surface area contributed by atoms with E-state index in [0.29, 0.717) is 30.9 Å². The van der Waals surface area contributed by atoms with Crippen LogP contribution < -0.4 is 24.9 Å². The van der Waals surface area contributed by atoms with Crippen LogP contribution in [0.15, 0.2) is 42.5 Å². The quantitative estimate of drug-likeness (QED) is 0.145. The van der Waals surface area contributed by atoms with Gasteiger partial charge in [0.05, 0.1) is 28.8 Å². The fourth-order valence-corrected chi connectivity index (χ4v) is 10.6. The van der Waals surface area contributed by atoms with E-state index in [-0.39, 0.29) is 30.2 Å². The summed E-state index contributed by atoms with van der Waals surface area (Å²) in [4.78, 5) is 66.3. The van der Waals surface area contributed by atoms with Crippen molar-refractivity contribution >= 4 is 57.8 Å². The largest absolute Gasteiger partial charge is 0.370 e. The van der Waals surface area contributed by atoms with E-state index in [2.05, 4.69) is 35.2 Å². The van der Waals surface area contributed by atoms with Gasteiger partial charge >= 0.3 is 0 Å². The number of para-hydroxylation sites is 1. The summed E-state index contributed by atoms with van der Waals surface area (Å²) in [5.74, 6) is -3.34. The molecule has 1 saturated carbocycles. The van der Waals surface area contributed by atoms with Crippen LogP contribution in [0.25, 0.3) is 22.3 Å². The van der Waals surface area contributed by atoms with Gasteiger partial charge in [0.15, 0.2) is 0 Å². The second-order valence-electron chi connectivity index (χ2n) is 18.2. The topological polar surface area (TPSA) is 144 Å². The van der Waals surface area contributed by atoms with Gasteiger partial charge in [0, 0.05) is 119 Å². The van der Waals surface area contributed by atoms with Crippen molar-refractivity contribution in [1.82, 2.24) is 30.3 Å². The first-order chi connectivity index (χ1) is 29.2. The monoisotopic (exact) mass is 838 g/mol. The number of benzene rings is 2. The van der Waals surface area contributed by atoms with Crippen molar-refractivity contribution in [2.45, 2.75) is 70.4 Å². The molecule has 14 nitrogen and oxygen atoms in total. The lowest BCUT2D eigenvalue weighted by Gasteiger charge is -2.42. The van der Waals surface area contributed by atoms with Gasteiger partial charge in [-0.2, -0.15) is 5.10 Å². The van der Waals surface area contributed by atoms with Crippen LogP contribution in [-0.2, 0) is 32.0 Å². The molecule has 4 aromatic rings. The number of carbonyl (C=O) groups excluding carboxylic acids is 4. The molecule has 0 radical (unpaired) electrons. The number of nitrogens with one attached hydrogen (secondary N) is 3. The third kappa shape index (κ3) is 7.14. The van der Waals surface area contributed by atoms with Crippen LogP contribution in [0.5, 0.6) is 0 Å². The Balaban J connectivity index is 0.778. The Morgan fingerprint density at radius 3 is 2.49 bits per heavy atom. The summed E-state index contributed by atoms with van der Waals surface area (Å²) in [5, 5.41) is 11.0. The number of hydrogen-bond acceptors (Lipinski definition) is 9. The second-order valence-corrected chi connectivity index (χ2v) is 18.2. The van der Waals surface area contributed by atoms with Crippen molar-refractivity contribution in [3.05, 3.63) is 53.7 Å². The van der Waals surface area contributed by atoms with Gasteiger partial charge in [-0.25, -0.2) is 8.78 Å². The highest BCUT2D eigenvalue weighted by Crippen LogP contribution is 2.70. The standard InChI is InChI=1S/C45H56F2N10O4/c1-27(43(61)53(4)30-10-9-29-21-33(48-32(29)22-30)40-31-23-38-44(2,45(38,46)47)24-34(31)50-51-40)56-19-17-55(18-20-56)25-28-13-15-57(16-14-28)36-8-6-7-35(41(36)52(3)26-58)54(5)37-11-12-39(59)49-42(37)60/h6-10,21-22,26-28,37-38,48H,11-20,23-25H2,1-5H3,(H,50,51)(H,49,59,60). The Bertz CT molecular complexity index is 2360. The SMILES string of the molecule is CC(C(=O)N(C)c1ccc2cc(-c3n[nH]c4c3CC3C(F)(F)C3(C)C4)[nH]c2c1)N1CCN(CC2CCN(c3cccc(N(C)C4CCC(=O)NC4=O)c3N(C)C=O)CC2)CC1. The van der Waals surface area contributed by atoms with Crippen LogP contribution in [0.1, 0.15) is 50.8 Å². The zero-order chi connectivity index (χ0) is 43.0. The van der Waals surface area contributed by atoms with E-state index in [1.165, 1.54) is 0 Å². The van der Waals surface area contributed by atoms with E-state index in [1.807, 2.05) is 68.4 Å². The highest BCUT2D eigenvalue weighted by Gasteiger charge is 2.78. The third-order valence-corrected chi connectivity index (χ3v) is 14.7. The molecule has 5 heterocycles. The number of alkyl halides is 2. The fourth-order valence-electron chi connectivity index (χ4n) is 10.6. The van der Waals surface area contributed by atoms with Crippen molar-refractivity contribution in [1.29, 1.82) is 0 Å². The lowest BCUT2D eigenvalue weighted by Crippen LogP contribution is -2.55.